The number of hydrogen-bond donors (Lipinski definition) is 2. The summed E-state index contributed by atoms with van der Waals surface area (Å²) in [4.78, 5) is 27.1. The summed E-state index contributed by atoms with van der Waals surface area (Å²) in [5.41, 5.74) is 3.01. The molecule has 0 bridgehead atoms. The lowest BCUT2D eigenvalue weighted by molar-refractivity contribution is -0.141. The summed E-state index contributed by atoms with van der Waals surface area (Å²) in [6.45, 7) is 2.54. The Morgan fingerprint density at radius 2 is 2.14 bits per heavy atom. The molecule has 0 radical (unpaired) electrons. The van der Waals surface area contributed by atoms with Crippen LogP contribution in [-0.2, 0) is 9.53 Å². The van der Waals surface area contributed by atoms with Crippen molar-refractivity contribution >= 4 is 28.4 Å². The normalized spacial score (nSPS) is 14.1. The average Bonchev–Trinajstić information content (AvgIpc) is 2.79. The Hall–Kier alpha value is -2.56. The number of H-pyrrole nitrogens is 1. The molecule has 21 heavy (non-hydrogen) atoms. The van der Waals surface area contributed by atoms with Gasteiger partial charge in [-0.3, -0.25) is 9.59 Å². The third-order valence-electron chi connectivity index (χ3n) is 3.51. The van der Waals surface area contributed by atoms with Crippen molar-refractivity contribution in [3.05, 3.63) is 41.6 Å². The summed E-state index contributed by atoms with van der Waals surface area (Å²) in [6, 6.07) is 7.69. The molecule has 0 saturated carbocycles. The van der Waals surface area contributed by atoms with Gasteiger partial charge in [-0.1, -0.05) is 24.3 Å². The number of esters is 1. The van der Waals surface area contributed by atoms with E-state index in [-0.39, 0.29) is 18.3 Å². The molecule has 108 valence electrons. The zero-order valence-corrected chi connectivity index (χ0v) is 11.7. The van der Waals surface area contributed by atoms with Crippen LogP contribution in [0.2, 0.25) is 0 Å². The minimum absolute atomic E-state index is 0.156. The summed E-state index contributed by atoms with van der Waals surface area (Å²) < 4.78 is 5.02. The Bertz CT molecular complexity index is 743. The Kier molecular flexibility index (Phi) is 3.48. The van der Waals surface area contributed by atoms with Crippen molar-refractivity contribution in [1.82, 2.24) is 10.3 Å². The van der Waals surface area contributed by atoms with E-state index in [0.29, 0.717) is 18.8 Å². The third kappa shape index (κ3) is 2.42. The summed E-state index contributed by atoms with van der Waals surface area (Å²) in [5.74, 6) is -0.439. The summed E-state index contributed by atoms with van der Waals surface area (Å²) in [5, 5.41) is 3.74. The van der Waals surface area contributed by atoms with Gasteiger partial charge in [-0.25, -0.2) is 0 Å². The van der Waals surface area contributed by atoms with Gasteiger partial charge in [0.15, 0.2) is 0 Å². The molecule has 0 unspecified atom stereocenters. The van der Waals surface area contributed by atoms with E-state index in [4.69, 9.17) is 4.74 Å². The number of benzene rings is 1. The Morgan fingerprint density at radius 3 is 2.95 bits per heavy atom. The first-order valence-electron chi connectivity index (χ1n) is 6.94. The van der Waals surface area contributed by atoms with Crippen LogP contribution in [0.3, 0.4) is 0 Å². The second-order valence-corrected chi connectivity index (χ2v) is 4.84. The SMILES string of the molecule is CCOC(=O)CC1=CCNC(=O)c2[nH]c3ccccc3c21. The number of amides is 1. The number of aromatic nitrogens is 1. The van der Waals surface area contributed by atoms with E-state index < -0.39 is 0 Å². The Morgan fingerprint density at radius 1 is 1.33 bits per heavy atom. The number of nitrogens with one attached hydrogen (secondary N) is 2. The van der Waals surface area contributed by atoms with Gasteiger partial charge < -0.3 is 15.0 Å². The van der Waals surface area contributed by atoms with Gasteiger partial charge in [0.05, 0.1) is 13.0 Å². The van der Waals surface area contributed by atoms with Crippen LogP contribution in [0.25, 0.3) is 16.5 Å². The molecular weight excluding hydrogens is 268 g/mol. The second-order valence-electron chi connectivity index (χ2n) is 4.84. The first kappa shape index (κ1) is 13.4. The molecule has 0 saturated heterocycles. The van der Waals surface area contributed by atoms with E-state index in [1.165, 1.54) is 0 Å². The molecule has 5 heteroatoms. The van der Waals surface area contributed by atoms with Crippen LogP contribution in [-0.4, -0.2) is 30.0 Å². The third-order valence-corrected chi connectivity index (χ3v) is 3.51. The Balaban J connectivity index is 2.11. The monoisotopic (exact) mass is 284 g/mol. The highest BCUT2D eigenvalue weighted by Gasteiger charge is 2.24. The molecule has 1 aromatic heterocycles. The maximum Gasteiger partial charge on any atom is 0.310 e. The number of para-hydroxylation sites is 1. The number of hydrogen-bond acceptors (Lipinski definition) is 3. The predicted octanol–water partition coefficient (Wildman–Crippen LogP) is 2.25. The van der Waals surface area contributed by atoms with Gasteiger partial charge in [-0.05, 0) is 18.6 Å². The van der Waals surface area contributed by atoms with Crippen molar-refractivity contribution in [2.24, 2.45) is 0 Å². The fraction of sp³-hybridized carbons (Fsp3) is 0.250. The van der Waals surface area contributed by atoms with Crippen LogP contribution >= 0.6 is 0 Å². The molecule has 2 heterocycles. The van der Waals surface area contributed by atoms with Crippen LogP contribution in [0.5, 0.6) is 0 Å². The van der Waals surface area contributed by atoms with E-state index in [1.54, 1.807) is 6.92 Å². The van der Waals surface area contributed by atoms with Crippen molar-refractivity contribution in [3.63, 3.8) is 0 Å². The summed E-state index contributed by atoms with van der Waals surface area (Å²) in [6.07, 6.45) is 2.04. The van der Waals surface area contributed by atoms with E-state index in [2.05, 4.69) is 10.3 Å². The summed E-state index contributed by atoms with van der Waals surface area (Å²) >= 11 is 0. The lowest BCUT2D eigenvalue weighted by Crippen LogP contribution is -2.22. The van der Waals surface area contributed by atoms with Gasteiger partial charge in [-0.15, -0.1) is 0 Å². The molecule has 1 aliphatic heterocycles. The van der Waals surface area contributed by atoms with E-state index in [1.807, 2.05) is 30.3 Å². The zero-order valence-electron chi connectivity index (χ0n) is 11.7. The van der Waals surface area contributed by atoms with Crippen molar-refractivity contribution in [1.29, 1.82) is 0 Å². The van der Waals surface area contributed by atoms with Crippen LogP contribution in [0.15, 0.2) is 30.3 Å². The maximum atomic E-state index is 12.1. The predicted molar refractivity (Wildman–Crippen MR) is 79.9 cm³/mol. The number of aromatic amines is 1. The van der Waals surface area contributed by atoms with Gasteiger partial charge in [0.2, 0.25) is 0 Å². The highest BCUT2D eigenvalue weighted by atomic mass is 16.5. The Labute approximate surface area is 122 Å². The highest BCUT2D eigenvalue weighted by Crippen LogP contribution is 2.32. The summed E-state index contributed by atoms with van der Waals surface area (Å²) in [7, 11) is 0. The van der Waals surface area contributed by atoms with E-state index in [9.17, 15) is 9.59 Å². The molecule has 1 aromatic carbocycles. The number of fused-ring (bicyclic) bond motifs is 3. The molecule has 0 atom stereocenters. The first-order valence-corrected chi connectivity index (χ1v) is 6.94. The quantitative estimate of drug-likeness (QED) is 0.849. The second kappa shape index (κ2) is 5.44. The lowest BCUT2D eigenvalue weighted by atomic mass is 9.99. The molecule has 1 aliphatic rings. The van der Waals surface area contributed by atoms with Crippen LogP contribution in [0, 0.1) is 0 Å². The van der Waals surface area contributed by atoms with Crippen molar-refractivity contribution in [3.8, 4) is 0 Å². The van der Waals surface area contributed by atoms with Crippen LogP contribution in [0.4, 0.5) is 0 Å². The fourth-order valence-electron chi connectivity index (χ4n) is 2.63. The first-order chi connectivity index (χ1) is 10.2. The van der Waals surface area contributed by atoms with Crippen molar-refractivity contribution in [2.45, 2.75) is 13.3 Å². The van der Waals surface area contributed by atoms with Crippen LogP contribution in [0.1, 0.15) is 29.4 Å². The van der Waals surface area contributed by atoms with Gasteiger partial charge in [0.25, 0.3) is 5.91 Å². The number of carbonyl (C=O) groups excluding carboxylic acids is 2. The van der Waals surface area contributed by atoms with Crippen molar-refractivity contribution in [2.75, 3.05) is 13.2 Å². The number of carbonyl (C=O) groups is 2. The number of ether oxygens (including phenoxy) is 1. The lowest BCUT2D eigenvalue weighted by Gasteiger charge is -2.06. The molecule has 0 spiro atoms. The van der Waals surface area contributed by atoms with Gasteiger partial charge in [-0.2, -0.15) is 0 Å². The highest BCUT2D eigenvalue weighted by molar-refractivity contribution is 6.09. The van der Waals surface area contributed by atoms with Gasteiger partial charge >= 0.3 is 5.97 Å². The largest absolute Gasteiger partial charge is 0.466 e. The van der Waals surface area contributed by atoms with Gasteiger partial charge in [0.1, 0.15) is 5.69 Å². The standard InChI is InChI=1S/C16H16N2O3/c1-2-21-13(19)9-10-7-8-17-16(20)15-14(10)11-5-3-4-6-12(11)18-15/h3-7,18H,2,8-9H2,1H3,(H,17,20). The minimum Gasteiger partial charge on any atom is -0.466 e. The minimum atomic E-state index is -0.283. The fourth-order valence-corrected chi connectivity index (χ4v) is 2.63. The molecular formula is C16H16N2O3. The molecule has 0 aliphatic carbocycles. The molecule has 2 aromatic rings. The number of rotatable bonds is 3. The zero-order chi connectivity index (χ0) is 14.8. The van der Waals surface area contributed by atoms with E-state index >= 15 is 0 Å². The average molecular weight is 284 g/mol. The smallest absolute Gasteiger partial charge is 0.310 e. The maximum absolute atomic E-state index is 12.1. The van der Waals surface area contributed by atoms with Gasteiger partial charge in [0, 0.05) is 23.0 Å². The molecule has 5 nitrogen and oxygen atoms in total. The molecule has 1 amide bonds. The molecule has 0 fully saturated rings. The van der Waals surface area contributed by atoms with E-state index in [0.717, 1.165) is 22.0 Å². The topological polar surface area (TPSA) is 71.2 Å². The molecule has 2 N–H and O–H groups in total. The molecule has 3 rings (SSSR count). The van der Waals surface area contributed by atoms with Crippen molar-refractivity contribution < 1.29 is 14.3 Å². The van der Waals surface area contributed by atoms with Crippen LogP contribution < -0.4 is 5.32 Å².